The Morgan fingerprint density at radius 1 is 1.40 bits per heavy atom. The van der Waals surface area contributed by atoms with E-state index in [4.69, 9.17) is 0 Å². The van der Waals surface area contributed by atoms with Crippen LogP contribution in [0.5, 0.6) is 0 Å². The van der Waals surface area contributed by atoms with Crippen LogP contribution in [0.2, 0.25) is 0 Å². The molecule has 1 aromatic carbocycles. The van der Waals surface area contributed by atoms with Crippen molar-refractivity contribution in [3.8, 4) is 5.69 Å². The van der Waals surface area contributed by atoms with E-state index in [0.29, 0.717) is 5.56 Å². The lowest BCUT2D eigenvalue weighted by Gasteiger charge is -2.24. The van der Waals surface area contributed by atoms with E-state index in [0.717, 1.165) is 25.2 Å². The first-order chi connectivity index (χ1) is 9.77. The van der Waals surface area contributed by atoms with Crippen molar-refractivity contribution in [2.45, 2.75) is 12.5 Å². The number of nitrogens with one attached hydrogen (secondary N) is 1. The Kier molecular flexibility index (Phi) is 3.52. The molecule has 1 aliphatic heterocycles. The van der Waals surface area contributed by atoms with Gasteiger partial charge in [-0.2, -0.15) is 5.10 Å². The molecule has 2 heterocycles. The van der Waals surface area contributed by atoms with Crippen molar-refractivity contribution >= 4 is 5.91 Å². The number of aromatic nitrogens is 2. The molecule has 5 nitrogen and oxygen atoms in total. The van der Waals surface area contributed by atoms with Gasteiger partial charge in [-0.05, 0) is 31.2 Å². The number of amides is 1. The van der Waals surface area contributed by atoms with Gasteiger partial charge in [-0.3, -0.25) is 4.79 Å². The number of carbonyl (C=O) groups excluding carboxylic acids is 1. The molecular weight excluding hydrogens is 252 g/mol. The SMILES string of the molecule is CN(C(=O)c1ccccc1-n1cccn1)[C@H]1CCNC1. The van der Waals surface area contributed by atoms with Crippen molar-refractivity contribution < 1.29 is 4.79 Å². The summed E-state index contributed by atoms with van der Waals surface area (Å²) in [6.07, 6.45) is 4.57. The number of rotatable bonds is 3. The van der Waals surface area contributed by atoms with Crippen molar-refractivity contribution in [1.29, 1.82) is 0 Å². The Morgan fingerprint density at radius 3 is 2.95 bits per heavy atom. The molecule has 20 heavy (non-hydrogen) atoms. The van der Waals surface area contributed by atoms with E-state index < -0.39 is 0 Å². The van der Waals surface area contributed by atoms with Crippen LogP contribution in [0.4, 0.5) is 0 Å². The van der Waals surface area contributed by atoms with Gasteiger partial charge in [0.25, 0.3) is 5.91 Å². The summed E-state index contributed by atoms with van der Waals surface area (Å²) in [5.74, 6) is 0.0461. The molecule has 0 aliphatic carbocycles. The first-order valence-electron chi connectivity index (χ1n) is 6.84. The number of benzene rings is 1. The molecule has 5 heteroatoms. The third-order valence-electron chi connectivity index (χ3n) is 3.79. The fourth-order valence-corrected chi connectivity index (χ4v) is 2.59. The van der Waals surface area contributed by atoms with Crippen molar-refractivity contribution in [2.24, 2.45) is 0 Å². The number of hydrogen-bond acceptors (Lipinski definition) is 3. The minimum atomic E-state index is 0.0461. The smallest absolute Gasteiger partial charge is 0.256 e. The normalized spacial score (nSPS) is 18.1. The predicted molar refractivity (Wildman–Crippen MR) is 76.9 cm³/mol. The van der Waals surface area contributed by atoms with Gasteiger partial charge >= 0.3 is 0 Å². The van der Waals surface area contributed by atoms with Gasteiger partial charge in [-0.15, -0.1) is 0 Å². The van der Waals surface area contributed by atoms with Crippen LogP contribution in [0, 0.1) is 0 Å². The zero-order valence-electron chi connectivity index (χ0n) is 11.5. The van der Waals surface area contributed by atoms with Gasteiger partial charge in [0.15, 0.2) is 0 Å². The van der Waals surface area contributed by atoms with Crippen LogP contribution in [0.3, 0.4) is 0 Å². The Morgan fingerprint density at radius 2 is 2.25 bits per heavy atom. The van der Waals surface area contributed by atoms with E-state index in [-0.39, 0.29) is 11.9 Å². The summed E-state index contributed by atoms with van der Waals surface area (Å²) in [5.41, 5.74) is 1.51. The lowest BCUT2D eigenvalue weighted by atomic mass is 10.1. The summed E-state index contributed by atoms with van der Waals surface area (Å²) >= 11 is 0. The average Bonchev–Trinajstić information content (AvgIpc) is 3.18. The Hall–Kier alpha value is -2.14. The molecule has 0 bridgehead atoms. The molecule has 0 spiro atoms. The van der Waals surface area contributed by atoms with Crippen molar-refractivity contribution in [1.82, 2.24) is 20.0 Å². The van der Waals surface area contributed by atoms with E-state index in [2.05, 4.69) is 10.4 Å². The van der Waals surface area contributed by atoms with Crippen LogP contribution in [-0.2, 0) is 0 Å². The molecule has 3 rings (SSSR count). The van der Waals surface area contributed by atoms with E-state index in [1.165, 1.54) is 0 Å². The fourth-order valence-electron chi connectivity index (χ4n) is 2.59. The van der Waals surface area contributed by atoms with E-state index >= 15 is 0 Å². The van der Waals surface area contributed by atoms with Crippen LogP contribution in [0.25, 0.3) is 5.69 Å². The Balaban J connectivity index is 1.91. The number of carbonyl (C=O) groups is 1. The highest BCUT2D eigenvalue weighted by Gasteiger charge is 2.25. The quantitative estimate of drug-likeness (QED) is 0.915. The molecule has 1 saturated heterocycles. The first-order valence-corrected chi connectivity index (χ1v) is 6.84. The largest absolute Gasteiger partial charge is 0.337 e. The summed E-state index contributed by atoms with van der Waals surface area (Å²) in [6.45, 7) is 1.84. The van der Waals surface area contributed by atoms with Crippen molar-refractivity contribution in [3.05, 3.63) is 48.3 Å². The first kappa shape index (κ1) is 12.9. The van der Waals surface area contributed by atoms with Gasteiger partial charge in [0.2, 0.25) is 0 Å². The summed E-state index contributed by atoms with van der Waals surface area (Å²) < 4.78 is 1.73. The molecule has 0 saturated carbocycles. The molecule has 1 amide bonds. The molecule has 0 radical (unpaired) electrons. The molecule has 1 atom stereocenters. The number of hydrogen-bond donors (Lipinski definition) is 1. The van der Waals surface area contributed by atoms with Crippen molar-refractivity contribution in [3.63, 3.8) is 0 Å². The summed E-state index contributed by atoms with van der Waals surface area (Å²) in [6, 6.07) is 9.71. The van der Waals surface area contributed by atoms with Gasteiger partial charge in [0.1, 0.15) is 0 Å². The molecule has 104 valence electrons. The second-order valence-corrected chi connectivity index (χ2v) is 5.03. The van der Waals surface area contributed by atoms with Crippen LogP contribution >= 0.6 is 0 Å². The van der Waals surface area contributed by atoms with Crippen LogP contribution in [0.15, 0.2) is 42.7 Å². The second kappa shape index (κ2) is 5.46. The van der Waals surface area contributed by atoms with Gasteiger partial charge in [-0.1, -0.05) is 12.1 Å². The van der Waals surface area contributed by atoms with Gasteiger partial charge in [0, 0.05) is 32.0 Å². The average molecular weight is 270 g/mol. The van der Waals surface area contributed by atoms with Crippen molar-refractivity contribution in [2.75, 3.05) is 20.1 Å². The maximum absolute atomic E-state index is 12.7. The molecular formula is C15H18N4O. The predicted octanol–water partition coefficient (Wildman–Crippen LogP) is 1.31. The zero-order chi connectivity index (χ0) is 13.9. The highest BCUT2D eigenvalue weighted by Crippen LogP contribution is 2.17. The van der Waals surface area contributed by atoms with E-state index in [1.807, 2.05) is 48.5 Å². The maximum Gasteiger partial charge on any atom is 0.256 e. The second-order valence-electron chi connectivity index (χ2n) is 5.03. The van der Waals surface area contributed by atoms with Gasteiger partial charge in [0.05, 0.1) is 11.3 Å². The molecule has 1 aliphatic rings. The molecule has 2 aromatic rings. The third-order valence-corrected chi connectivity index (χ3v) is 3.79. The lowest BCUT2D eigenvalue weighted by molar-refractivity contribution is 0.0743. The number of likely N-dealkylation sites (N-methyl/N-ethyl adjacent to an activating group) is 1. The summed E-state index contributed by atoms with van der Waals surface area (Å²) in [5, 5.41) is 7.51. The van der Waals surface area contributed by atoms with Crippen LogP contribution in [0.1, 0.15) is 16.8 Å². The standard InChI is InChI=1S/C15H18N4O/c1-18(12-7-9-16-11-12)15(20)13-5-2-3-6-14(13)19-10-4-8-17-19/h2-6,8,10,12,16H,7,9,11H2,1H3/t12-/m0/s1. The summed E-state index contributed by atoms with van der Waals surface area (Å²) in [7, 11) is 1.87. The van der Waals surface area contributed by atoms with Crippen LogP contribution in [-0.4, -0.2) is 46.8 Å². The lowest BCUT2D eigenvalue weighted by Crippen LogP contribution is -2.38. The van der Waals surface area contributed by atoms with Gasteiger partial charge < -0.3 is 10.2 Å². The monoisotopic (exact) mass is 270 g/mol. The third kappa shape index (κ3) is 2.32. The van der Waals surface area contributed by atoms with Crippen LogP contribution < -0.4 is 5.32 Å². The molecule has 1 N–H and O–H groups in total. The summed E-state index contributed by atoms with van der Waals surface area (Å²) in [4.78, 5) is 14.5. The minimum Gasteiger partial charge on any atom is -0.337 e. The van der Waals surface area contributed by atoms with E-state index in [9.17, 15) is 4.79 Å². The molecule has 1 fully saturated rings. The maximum atomic E-state index is 12.7. The van der Waals surface area contributed by atoms with Gasteiger partial charge in [-0.25, -0.2) is 4.68 Å². The minimum absolute atomic E-state index is 0.0461. The van der Waals surface area contributed by atoms with E-state index in [1.54, 1.807) is 10.9 Å². The molecule has 0 unspecified atom stereocenters. The highest BCUT2D eigenvalue weighted by molar-refractivity contribution is 5.97. The Bertz CT molecular complexity index is 588. The number of para-hydroxylation sites is 1. The number of nitrogens with zero attached hydrogens (tertiary/aromatic N) is 3. The topological polar surface area (TPSA) is 50.2 Å². The highest BCUT2D eigenvalue weighted by atomic mass is 16.2. The Labute approximate surface area is 118 Å². The zero-order valence-corrected chi connectivity index (χ0v) is 11.5. The fraction of sp³-hybridized carbons (Fsp3) is 0.333. The molecule has 1 aromatic heterocycles.